The molecule has 0 spiro atoms. The van der Waals surface area contributed by atoms with E-state index in [9.17, 15) is 14.4 Å². The molecule has 19 heavy (non-hydrogen) atoms. The molecule has 3 amide bonds. The molecule has 2 unspecified atom stereocenters. The molecule has 0 aliphatic carbocycles. The maximum Gasteiger partial charge on any atom is 0.326 e. The first kappa shape index (κ1) is 15.6. The van der Waals surface area contributed by atoms with Crippen molar-refractivity contribution < 1.29 is 19.5 Å². The lowest BCUT2D eigenvalue weighted by molar-refractivity contribution is -0.139. The summed E-state index contributed by atoms with van der Waals surface area (Å²) in [6, 6.07) is -1.61. The molecule has 7 nitrogen and oxygen atoms in total. The van der Waals surface area contributed by atoms with Crippen LogP contribution in [0, 0.1) is 5.92 Å². The minimum atomic E-state index is -1.17. The van der Waals surface area contributed by atoms with Crippen molar-refractivity contribution in [2.45, 2.75) is 25.3 Å². The van der Waals surface area contributed by atoms with Crippen molar-refractivity contribution >= 4 is 29.7 Å². The van der Waals surface area contributed by atoms with E-state index < -0.39 is 23.9 Å². The summed E-state index contributed by atoms with van der Waals surface area (Å²) in [7, 11) is 0. The van der Waals surface area contributed by atoms with E-state index in [0.717, 1.165) is 17.9 Å². The number of carbonyl (C=O) groups excluding carboxylic acids is 2. The van der Waals surface area contributed by atoms with Crippen molar-refractivity contribution in [2.24, 2.45) is 11.7 Å². The maximum atomic E-state index is 11.6. The third-order valence-electron chi connectivity index (χ3n) is 2.86. The molecular weight excluding hydrogens is 270 g/mol. The Kier molecular flexibility index (Phi) is 6.48. The third-order valence-corrected chi connectivity index (χ3v) is 4.09. The molecule has 1 rings (SSSR count). The number of hydrogen-bond acceptors (Lipinski definition) is 4. The fraction of sp³-hybridized carbons (Fsp3) is 0.727. The Hall–Kier alpha value is -1.44. The molecule has 1 aliphatic rings. The zero-order valence-electron chi connectivity index (χ0n) is 10.6. The lowest BCUT2D eigenvalue weighted by Gasteiger charge is -2.16. The highest BCUT2D eigenvalue weighted by Crippen LogP contribution is 2.22. The Balaban J connectivity index is 2.29. The van der Waals surface area contributed by atoms with Crippen LogP contribution in [0.2, 0.25) is 0 Å². The topological polar surface area (TPSA) is 122 Å². The highest BCUT2D eigenvalue weighted by Gasteiger charge is 2.21. The molecule has 0 aromatic carbocycles. The quantitative estimate of drug-likeness (QED) is 0.515. The van der Waals surface area contributed by atoms with Crippen LogP contribution in [0.3, 0.4) is 0 Å². The summed E-state index contributed by atoms with van der Waals surface area (Å²) < 4.78 is 0. The summed E-state index contributed by atoms with van der Waals surface area (Å²) in [5, 5.41) is 13.9. The molecule has 0 radical (unpaired) electrons. The number of hydrogen-bond donors (Lipinski definition) is 4. The van der Waals surface area contributed by atoms with Gasteiger partial charge in [0.2, 0.25) is 5.91 Å². The summed E-state index contributed by atoms with van der Waals surface area (Å²) in [5.74, 6) is 0.808. The van der Waals surface area contributed by atoms with E-state index in [-0.39, 0.29) is 12.8 Å². The van der Waals surface area contributed by atoms with Gasteiger partial charge >= 0.3 is 12.0 Å². The van der Waals surface area contributed by atoms with E-state index in [2.05, 4.69) is 10.6 Å². The van der Waals surface area contributed by atoms with Gasteiger partial charge in [0.15, 0.2) is 0 Å². The van der Waals surface area contributed by atoms with E-state index >= 15 is 0 Å². The number of carbonyl (C=O) groups is 3. The van der Waals surface area contributed by atoms with Crippen LogP contribution in [0.4, 0.5) is 4.79 Å². The lowest BCUT2D eigenvalue weighted by atomic mass is 10.1. The second-order valence-electron chi connectivity index (χ2n) is 4.48. The summed E-state index contributed by atoms with van der Waals surface area (Å²) in [6.45, 7) is 0.543. The summed E-state index contributed by atoms with van der Waals surface area (Å²) >= 11 is 1.85. The maximum absolute atomic E-state index is 11.6. The largest absolute Gasteiger partial charge is 0.480 e. The van der Waals surface area contributed by atoms with Gasteiger partial charge < -0.3 is 21.5 Å². The minimum absolute atomic E-state index is 0.00261. The number of carboxylic acids is 1. The summed E-state index contributed by atoms with van der Waals surface area (Å²) in [5.41, 5.74) is 4.95. The standard InChI is InChI=1S/C11H19N3O4S/c12-9(15)2-1-8(10(16)17)14-11(18)13-5-7-3-4-19-6-7/h7-8H,1-6H2,(H2,12,15)(H,16,17)(H2,13,14,18). The molecule has 0 aromatic heterocycles. The predicted octanol–water partition coefficient (Wildman–Crippen LogP) is -0.243. The van der Waals surface area contributed by atoms with Crippen molar-refractivity contribution in [3.8, 4) is 0 Å². The van der Waals surface area contributed by atoms with Gasteiger partial charge in [-0.15, -0.1) is 0 Å². The Bertz CT molecular complexity index is 345. The van der Waals surface area contributed by atoms with Crippen LogP contribution < -0.4 is 16.4 Å². The smallest absolute Gasteiger partial charge is 0.326 e. The molecule has 0 aromatic rings. The number of aliphatic carboxylic acids is 1. The van der Waals surface area contributed by atoms with Gasteiger partial charge in [-0.2, -0.15) is 11.8 Å². The first-order valence-electron chi connectivity index (χ1n) is 6.12. The van der Waals surface area contributed by atoms with Crippen molar-refractivity contribution in [3.63, 3.8) is 0 Å². The average molecular weight is 289 g/mol. The molecule has 5 N–H and O–H groups in total. The van der Waals surface area contributed by atoms with Crippen LogP contribution in [0.25, 0.3) is 0 Å². The molecule has 1 heterocycles. The predicted molar refractivity (Wildman–Crippen MR) is 71.8 cm³/mol. The van der Waals surface area contributed by atoms with Crippen molar-refractivity contribution in [1.82, 2.24) is 10.6 Å². The highest BCUT2D eigenvalue weighted by molar-refractivity contribution is 7.99. The van der Waals surface area contributed by atoms with Crippen LogP contribution in [-0.4, -0.2) is 47.1 Å². The fourth-order valence-corrected chi connectivity index (χ4v) is 3.02. The minimum Gasteiger partial charge on any atom is -0.480 e. The van der Waals surface area contributed by atoms with Crippen LogP contribution in [0.1, 0.15) is 19.3 Å². The van der Waals surface area contributed by atoms with Gasteiger partial charge in [0.25, 0.3) is 0 Å². The van der Waals surface area contributed by atoms with E-state index in [1.54, 1.807) is 0 Å². The van der Waals surface area contributed by atoms with Gasteiger partial charge in [0, 0.05) is 13.0 Å². The normalized spacial score (nSPS) is 19.7. The second kappa shape index (κ2) is 7.88. The Labute approximate surface area is 115 Å². The summed E-state index contributed by atoms with van der Waals surface area (Å²) in [4.78, 5) is 33.1. The highest BCUT2D eigenvalue weighted by atomic mass is 32.2. The van der Waals surface area contributed by atoms with Gasteiger partial charge in [-0.05, 0) is 30.3 Å². The van der Waals surface area contributed by atoms with Crippen LogP contribution >= 0.6 is 11.8 Å². The van der Waals surface area contributed by atoms with Crippen molar-refractivity contribution in [3.05, 3.63) is 0 Å². The Morgan fingerprint density at radius 1 is 1.42 bits per heavy atom. The molecule has 1 saturated heterocycles. The molecule has 0 bridgehead atoms. The van der Waals surface area contributed by atoms with Crippen LogP contribution in [0.5, 0.6) is 0 Å². The summed E-state index contributed by atoms with van der Waals surface area (Å²) in [6.07, 6.45) is 0.989. The Morgan fingerprint density at radius 3 is 2.68 bits per heavy atom. The first-order valence-corrected chi connectivity index (χ1v) is 7.27. The number of carboxylic acid groups (broad SMARTS) is 1. The number of primary amides is 1. The van der Waals surface area contributed by atoms with Gasteiger partial charge in [-0.1, -0.05) is 0 Å². The molecule has 1 fully saturated rings. The van der Waals surface area contributed by atoms with Gasteiger partial charge in [0.1, 0.15) is 6.04 Å². The molecule has 108 valence electrons. The van der Waals surface area contributed by atoms with E-state index in [1.165, 1.54) is 0 Å². The second-order valence-corrected chi connectivity index (χ2v) is 5.63. The molecule has 2 atom stereocenters. The number of thioether (sulfide) groups is 1. The van der Waals surface area contributed by atoms with E-state index in [1.807, 2.05) is 11.8 Å². The molecular formula is C11H19N3O4S. The van der Waals surface area contributed by atoms with Gasteiger partial charge in [0.05, 0.1) is 0 Å². The zero-order chi connectivity index (χ0) is 14.3. The number of amides is 3. The van der Waals surface area contributed by atoms with Crippen molar-refractivity contribution in [1.29, 1.82) is 0 Å². The number of urea groups is 1. The SMILES string of the molecule is NC(=O)CCC(NC(=O)NCC1CCSC1)C(=O)O. The van der Waals surface area contributed by atoms with Gasteiger partial charge in [-0.3, -0.25) is 4.79 Å². The monoisotopic (exact) mass is 289 g/mol. The van der Waals surface area contributed by atoms with E-state index in [4.69, 9.17) is 10.8 Å². The average Bonchev–Trinajstić information content (AvgIpc) is 2.84. The molecule has 0 saturated carbocycles. The Morgan fingerprint density at radius 2 is 2.16 bits per heavy atom. The van der Waals surface area contributed by atoms with Crippen molar-refractivity contribution in [2.75, 3.05) is 18.1 Å². The number of nitrogens with one attached hydrogen (secondary N) is 2. The lowest BCUT2D eigenvalue weighted by Crippen LogP contribution is -2.47. The number of rotatable bonds is 7. The fourth-order valence-electron chi connectivity index (χ4n) is 1.73. The third kappa shape index (κ3) is 6.32. The first-order chi connectivity index (χ1) is 8.99. The van der Waals surface area contributed by atoms with Crippen LogP contribution in [-0.2, 0) is 9.59 Å². The zero-order valence-corrected chi connectivity index (χ0v) is 11.4. The number of nitrogens with two attached hydrogens (primary N) is 1. The molecule has 1 aliphatic heterocycles. The van der Waals surface area contributed by atoms with E-state index in [0.29, 0.717) is 12.5 Å². The van der Waals surface area contributed by atoms with Crippen LogP contribution in [0.15, 0.2) is 0 Å². The molecule has 8 heteroatoms. The van der Waals surface area contributed by atoms with Gasteiger partial charge in [-0.25, -0.2) is 9.59 Å².